The molecule has 1 spiro atoms. The third kappa shape index (κ3) is 2.02. The fourth-order valence-corrected chi connectivity index (χ4v) is 2.85. The molecular formula is C12H18ClN3. The van der Waals surface area contributed by atoms with E-state index in [2.05, 4.69) is 21.3 Å². The number of pyridine rings is 1. The predicted octanol–water partition coefficient (Wildman–Crippen LogP) is 1.84. The molecule has 1 aromatic rings. The first kappa shape index (κ1) is 11.7. The van der Waals surface area contributed by atoms with Crippen LogP contribution in [0.15, 0.2) is 24.5 Å². The molecule has 1 unspecified atom stereocenters. The van der Waals surface area contributed by atoms with Crippen molar-refractivity contribution in [3.63, 3.8) is 0 Å². The Morgan fingerprint density at radius 3 is 3.00 bits per heavy atom. The Hall–Kier alpha value is -0.800. The van der Waals surface area contributed by atoms with Crippen molar-refractivity contribution < 1.29 is 0 Å². The van der Waals surface area contributed by atoms with Crippen molar-refractivity contribution in [1.29, 1.82) is 0 Å². The maximum absolute atomic E-state index is 4.18. The molecule has 1 atom stereocenters. The van der Waals surface area contributed by atoms with Crippen LogP contribution in [0.2, 0.25) is 0 Å². The van der Waals surface area contributed by atoms with E-state index in [-0.39, 0.29) is 12.4 Å². The molecule has 0 radical (unpaired) electrons. The summed E-state index contributed by atoms with van der Waals surface area (Å²) >= 11 is 0. The summed E-state index contributed by atoms with van der Waals surface area (Å²) in [6.45, 7) is 3.51. The number of anilines is 1. The van der Waals surface area contributed by atoms with Crippen LogP contribution in [0, 0.1) is 0 Å². The SMILES string of the molecule is Cl.c1cncc(N2CCC3(CCCN3)C2)c1. The average Bonchev–Trinajstić information content (AvgIpc) is 2.91. The van der Waals surface area contributed by atoms with Gasteiger partial charge in [-0.25, -0.2) is 0 Å². The van der Waals surface area contributed by atoms with Gasteiger partial charge in [0.15, 0.2) is 0 Å². The average molecular weight is 240 g/mol. The Kier molecular flexibility index (Phi) is 3.36. The van der Waals surface area contributed by atoms with Crippen LogP contribution in [-0.4, -0.2) is 30.2 Å². The van der Waals surface area contributed by atoms with E-state index in [0.29, 0.717) is 5.54 Å². The van der Waals surface area contributed by atoms with Gasteiger partial charge in [0.25, 0.3) is 0 Å². The molecule has 2 saturated heterocycles. The minimum absolute atomic E-state index is 0. The third-order valence-electron chi connectivity index (χ3n) is 3.70. The summed E-state index contributed by atoms with van der Waals surface area (Å²) < 4.78 is 0. The van der Waals surface area contributed by atoms with E-state index in [9.17, 15) is 0 Å². The Morgan fingerprint density at radius 2 is 2.31 bits per heavy atom. The van der Waals surface area contributed by atoms with Crippen LogP contribution < -0.4 is 10.2 Å². The molecule has 3 nitrogen and oxygen atoms in total. The lowest BCUT2D eigenvalue weighted by atomic mass is 9.97. The molecule has 0 aromatic carbocycles. The van der Waals surface area contributed by atoms with Crippen LogP contribution >= 0.6 is 12.4 Å². The molecule has 2 aliphatic rings. The zero-order valence-electron chi connectivity index (χ0n) is 9.35. The highest BCUT2D eigenvalue weighted by molar-refractivity contribution is 5.85. The highest BCUT2D eigenvalue weighted by Gasteiger charge is 2.39. The quantitative estimate of drug-likeness (QED) is 0.811. The number of nitrogens with one attached hydrogen (secondary N) is 1. The number of hydrogen-bond donors (Lipinski definition) is 1. The van der Waals surface area contributed by atoms with Crippen molar-refractivity contribution in [2.75, 3.05) is 24.5 Å². The van der Waals surface area contributed by atoms with E-state index >= 15 is 0 Å². The summed E-state index contributed by atoms with van der Waals surface area (Å²) in [5, 5.41) is 3.67. The fraction of sp³-hybridized carbons (Fsp3) is 0.583. The van der Waals surface area contributed by atoms with E-state index in [1.54, 1.807) is 0 Å². The van der Waals surface area contributed by atoms with Crippen LogP contribution in [0.4, 0.5) is 5.69 Å². The molecule has 1 N–H and O–H groups in total. The molecule has 0 aliphatic carbocycles. The Balaban J connectivity index is 0.000000963. The molecular weight excluding hydrogens is 222 g/mol. The molecule has 0 bridgehead atoms. The monoisotopic (exact) mass is 239 g/mol. The first-order valence-electron chi connectivity index (χ1n) is 5.78. The second-order valence-electron chi connectivity index (χ2n) is 4.69. The highest BCUT2D eigenvalue weighted by atomic mass is 35.5. The normalized spacial score (nSPS) is 28.4. The summed E-state index contributed by atoms with van der Waals surface area (Å²) in [6.07, 6.45) is 7.75. The van der Waals surface area contributed by atoms with Gasteiger partial charge in [0.1, 0.15) is 0 Å². The van der Waals surface area contributed by atoms with Gasteiger partial charge >= 0.3 is 0 Å². The maximum atomic E-state index is 4.18. The largest absolute Gasteiger partial charge is 0.368 e. The first-order valence-corrected chi connectivity index (χ1v) is 5.78. The summed E-state index contributed by atoms with van der Waals surface area (Å²) in [5.74, 6) is 0. The van der Waals surface area contributed by atoms with Gasteiger partial charge in [-0.3, -0.25) is 4.98 Å². The molecule has 0 saturated carbocycles. The van der Waals surface area contributed by atoms with Crippen LogP contribution in [0.1, 0.15) is 19.3 Å². The fourth-order valence-electron chi connectivity index (χ4n) is 2.85. The van der Waals surface area contributed by atoms with Crippen molar-refractivity contribution in [1.82, 2.24) is 10.3 Å². The van der Waals surface area contributed by atoms with Gasteiger partial charge in [0.05, 0.1) is 11.9 Å². The van der Waals surface area contributed by atoms with Crippen molar-refractivity contribution in [2.24, 2.45) is 0 Å². The van der Waals surface area contributed by atoms with Crippen LogP contribution in [0.3, 0.4) is 0 Å². The first-order chi connectivity index (χ1) is 7.38. The van der Waals surface area contributed by atoms with Crippen molar-refractivity contribution in [3.05, 3.63) is 24.5 Å². The zero-order chi connectivity index (χ0) is 10.1. The summed E-state index contributed by atoms with van der Waals surface area (Å²) in [4.78, 5) is 6.63. The number of hydrogen-bond acceptors (Lipinski definition) is 3. The van der Waals surface area contributed by atoms with E-state index in [0.717, 1.165) is 6.54 Å². The van der Waals surface area contributed by atoms with Crippen LogP contribution in [0.5, 0.6) is 0 Å². The summed E-state index contributed by atoms with van der Waals surface area (Å²) in [5.41, 5.74) is 1.68. The predicted molar refractivity (Wildman–Crippen MR) is 68.3 cm³/mol. The van der Waals surface area contributed by atoms with Crippen LogP contribution in [0.25, 0.3) is 0 Å². The number of aromatic nitrogens is 1. The van der Waals surface area contributed by atoms with Gasteiger partial charge in [0, 0.05) is 24.8 Å². The third-order valence-corrected chi connectivity index (χ3v) is 3.70. The molecule has 1 aromatic heterocycles. The van der Waals surface area contributed by atoms with Gasteiger partial charge in [-0.1, -0.05) is 0 Å². The molecule has 2 fully saturated rings. The Morgan fingerprint density at radius 1 is 1.38 bits per heavy atom. The van der Waals surface area contributed by atoms with Crippen LogP contribution in [-0.2, 0) is 0 Å². The van der Waals surface area contributed by atoms with Crippen molar-refractivity contribution in [3.8, 4) is 0 Å². The summed E-state index contributed by atoms with van der Waals surface area (Å²) in [6, 6.07) is 4.17. The number of rotatable bonds is 1. The molecule has 2 aliphatic heterocycles. The van der Waals surface area contributed by atoms with Gasteiger partial charge in [-0.2, -0.15) is 0 Å². The molecule has 3 rings (SSSR count). The van der Waals surface area contributed by atoms with E-state index in [1.807, 2.05) is 18.5 Å². The Labute approximate surface area is 103 Å². The van der Waals surface area contributed by atoms with E-state index in [1.165, 1.54) is 38.0 Å². The molecule has 0 amide bonds. The zero-order valence-corrected chi connectivity index (χ0v) is 10.2. The van der Waals surface area contributed by atoms with E-state index in [4.69, 9.17) is 0 Å². The van der Waals surface area contributed by atoms with Gasteiger partial charge < -0.3 is 10.2 Å². The summed E-state index contributed by atoms with van der Waals surface area (Å²) in [7, 11) is 0. The minimum atomic E-state index is 0. The van der Waals surface area contributed by atoms with Crippen molar-refractivity contribution in [2.45, 2.75) is 24.8 Å². The lowest BCUT2D eigenvalue weighted by Crippen LogP contribution is -2.42. The number of halogens is 1. The lowest BCUT2D eigenvalue weighted by Gasteiger charge is -2.25. The molecule has 88 valence electrons. The standard InChI is InChI=1S/C12H17N3.ClH/c1-3-11(9-13-6-1)15-8-5-12(10-15)4-2-7-14-12;/h1,3,6,9,14H,2,4-5,7-8,10H2;1H. The number of nitrogens with zero attached hydrogens (tertiary/aromatic N) is 2. The molecule has 3 heterocycles. The second kappa shape index (κ2) is 4.60. The minimum Gasteiger partial charge on any atom is -0.368 e. The maximum Gasteiger partial charge on any atom is 0.0553 e. The van der Waals surface area contributed by atoms with Gasteiger partial charge in [-0.05, 0) is 37.9 Å². The van der Waals surface area contributed by atoms with Gasteiger partial charge in [-0.15, -0.1) is 12.4 Å². The molecule has 4 heteroatoms. The van der Waals surface area contributed by atoms with Gasteiger partial charge in [0.2, 0.25) is 0 Å². The Bertz CT molecular complexity index is 335. The second-order valence-corrected chi connectivity index (χ2v) is 4.69. The van der Waals surface area contributed by atoms with Crippen molar-refractivity contribution >= 4 is 18.1 Å². The lowest BCUT2D eigenvalue weighted by molar-refractivity contribution is 0.419. The topological polar surface area (TPSA) is 28.2 Å². The molecule has 16 heavy (non-hydrogen) atoms. The smallest absolute Gasteiger partial charge is 0.0553 e. The highest BCUT2D eigenvalue weighted by Crippen LogP contribution is 2.32. The van der Waals surface area contributed by atoms with E-state index < -0.39 is 0 Å².